The second-order valence-corrected chi connectivity index (χ2v) is 9.46. The molecule has 0 radical (unpaired) electrons. The first-order valence-electron chi connectivity index (χ1n) is 9.50. The van der Waals surface area contributed by atoms with Crippen LogP contribution in [0.1, 0.15) is 29.3 Å². The fourth-order valence-corrected chi connectivity index (χ4v) is 5.11. The molecule has 164 valence electrons. The van der Waals surface area contributed by atoms with Crippen molar-refractivity contribution < 1.29 is 18.0 Å². The number of hydrogen-bond acceptors (Lipinski definition) is 5. The minimum atomic E-state index is -4.30. The lowest BCUT2D eigenvalue weighted by atomic mass is 10.1. The summed E-state index contributed by atoms with van der Waals surface area (Å²) in [5.74, 6) is 0.348. The van der Waals surface area contributed by atoms with Crippen molar-refractivity contribution in [3.05, 3.63) is 69.7 Å². The maximum Gasteiger partial charge on any atom is 0.390 e. The lowest BCUT2D eigenvalue weighted by molar-refractivity contribution is -0.136. The number of alkyl halides is 3. The molecule has 0 N–H and O–H groups in total. The highest BCUT2D eigenvalue weighted by molar-refractivity contribution is 8.00. The number of hydrogen-bond donors (Lipinski definition) is 0. The Balaban J connectivity index is 1.69. The summed E-state index contributed by atoms with van der Waals surface area (Å²) in [5.41, 5.74) is 2.21. The second-order valence-electron chi connectivity index (χ2n) is 6.62. The largest absolute Gasteiger partial charge is 0.390 e. The first kappa shape index (κ1) is 23.5. The van der Waals surface area contributed by atoms with Gasteiger partial charge in [-0.3, -0.25) is 4.79 Å². The van der Waals surface area contributed by atoms with Gasteiger partial charge >= 0.3 is 6.18 Å². The molecule has 0 unspecified atom stereocenters. The zero-order valence-electron chi connectivity index (χ0n) is 16.6. The lowest BCUT2D eigenvalue weighted by Crippen LogP contribution is -2.34. The molecule has 3 rings (SSSR count). The molecule has 1 amide bonds. The molecule has 1 heterocycles. The average Bonchev–Trinajstić information content (AvgIpc) is 3.13. The number of rotatable bonds is 8. The van der Waals surface area contributed by atoms with Crippen LogP contribution in [-0.4, -0.2) is 39.9 Å². The van der Waals surface area contributed by atoms with Crippen LogP contribution < -0.4 is 0 Å². The SMILES string of the molecule is CCN(CCC(F)(F)F)C(=O)c1ccc(-n2nc(SCc3ccccc3)sc2=S)cc1. The molecule has 1 aromatic heterocycles. The highest BCUT2D eigenvalue weighted by Gasteiger charge is 2.28. The molecule has 0 saturated carbocycles. The summed E-state index contributed by atoms with van der Waals surface area (Å²) in [6.45, 7) is 1.50. The normalized spacial score (nSPS) is 11.5. The van der Waals surface area contributed by atoms with E-state index in [0.717, 1.165) is 10.1 Å². The van der Waals surface area contributed by atoms with Crippen LogP contribution in [0.3, 0.4) is 0 Å². The van der Waals surface area contributed by atoms with Gasteiger partial charge in [-0.05, 0) is 49.0 Å². The highest BCUT2D eigenvalue weighted by Crippen LogP contribution is 2.27. The number of thioether (sulfide) groups is 1. The lowest BCUT2D eigenvalue weighted by Gasteiger charge is -2.21. The van der Waals surface area contributed by atoms with E-state index in [1.54, 1.807) is 47.6 Å². The number of amides is 1. The Morgan fingerprint density at radius 3 is 2.45 bits per heavy atom. The Morgan fingerprint density at radius 2 is 1.84 bits per heavy atom. The third kappa shape index (κ3) is 6.65. The summed E-state index contributed by atoms with van der Waals surface area (Å²) in [4.78, 5) is 13.7. The quantitative estimate of drug-likeness (QED) is 0.276. The summed E-state index contributed by atoms with van der Waals surface area (Å²) in [6.07, 6.45) is -5.32. The van der Waals surface area contributed by atoms with E-state index in [4.69, 9.17) is 12.2 Å². The van der Waals surface area contributed by atoms with Gasteiger partial charge in [-0.2, -0.15) is 13.2 Å². The molecule has 4 nitrogen and oxygen atoms in total. The molecule has 0 saturated heterocycles. The number of carbonyl (C=O) groups excluding carboxylic acids is 1. The maximum atomic E-state index is 12.5. The Hall–Kier alpha value is -2.17. The van der Waals surface area contributed by atoms with Crippen molar-refractivity contribution >= 4 is 41.2 Å². The molecule has 10 heteroatoms. The minimum absolute atomic E-state index is 0.204. The highest BCUT2D eigenvalue weighted by atomic mass is 32.2. The molecule has 0 aliphatic rings. The fraction of sp³-hybridized carbons (Fsp3) is 0.286. The first-order valence-corrected chi connectivity index (χ1v) is 11.7. The van der Waals surface area contributed by atoms with E-state index in [1.807, 2.05) is 30.3 Å². The maximum absolute atomic E-state index is 12.5. The van der Waals surface area contributed by atoms with Crippen molar-refractivity contribution in [3.63, 3.8) is 0 Å². The monoisotopic (exact) mass is 483 g/mol. The van der Waals surface area contributed by atoms with Crippen LogP contribution in [-0.2, 0) is 5.75 Å². The van der Waals surface area contributed by atoms with Crippen LogP contribution in [0.15, 0.2) is 58.9 Å². The molecule has 3 aromatic rings. The van der Waals surface area contributed by atoms with Crippen molar-refractivity contribution in [3.8, 4) is 5.69 Å². The Morgan fingerprint density at radius 1 is 1.16 bits per heavy atom. The van der Waals surface area contributed by atoms with Gasteiger partial charge in [0.15, 0.2) is 8.29 Å². The molecule has 0 aliphatic carbocycles. The summed E-state index contributed by atoms with van der Waals surface area (Å²) in [6, 6.07) is 16.6. The number of halogens is 3. The predicted molar refractivity (Wildman–Crippen MR) is 121 cm³/mol. The summed E-state index contributed by atoms with van der Waals surface area (Å²) < 4.78 is 40.5. The second kappa shape index (κ2) is 10.4. The summed E-state index contributed by atoms with van der Waals surface area (Å²) in [5, 5.41) is 4.55. The van der Waals surface area contributed by atoms with Crippen molar-refractivity contribution in [2.45, 2.75) is 29.6 Å². The third-order valence-corrected chi connectivity index (χ3v) is 6.86. The van der Waals surface area contributed by atoms with Gasteiger partial charge in [0.25, 0.3) is 5.91 Å². The fourth-order valence-electron chi connectivity index (χ4n) is 2.79. The topological polar surface area (TPSA) is 38.1 Å². The number of nitrogens with zero attached hydrogens (tertiary/aromatic N) is 3. The molecule has 0 spiro atoms. The van der Waals surface area contributed by atoms with Gasteiger partial charge in [-0.1, -0.05) is 53.4 Å². The van der Waals surface area contributed by atoms with Crippen molar-refractivity contribution in [1.82, 2.24) is 14.7 Å². The van der Waals surface area contributed by atoms with Crippen LogP contribution in [0, 0.1) is 3.95 Å². The Kier molecular flexibility index (Phi) is 7.90. The predicted octanol–water partition coefficient (Wildman–Crippen LogP) is 6.37. The van der Waals surface area contributed by atoms with Gasteiger partial charge < -0.3 is 4.90 Å². The van der Waals surface area contributed by atoms with E-state index in [1.165, 1.54) is 21.8 Å². The minimum Gasteiger partial charge on any atom is -0.339 e. The van der Waals surface area contributed by atoms with Gasteiger partial charge in [-0.15, -0.1) is 5.10 Å². The van der Waals surface area contributed by atoms with Crippen LogP contribution in [0.4, 0.5) is 13.2 Å². The van der Waals surface area contributed by atoms with E-state index in [-0.39, 0.29) is 13.1 Å². The van der Waals surface area contributed by atoms with Crippen LogP contribution in [0.5, 0.6) is 0 Å². The smallest absolute Gasteiger partial charge is 0.339 e. The van der Waals surface area contributed by atoms with Gasteiger partial charge in [0, 0.05) is 24.4 Å². The van der Waals surface area contributed by atoms with Crippen molar-refractivity contribution in [2.75, 3.05) is 13.1 Å². The summed E-state index contributed by atoms with van der Waals surface area (Å²) >= 11 is 8.42. The third-order valence-electron chi connectivity index (χ3n) is 4.43. The van der Waals surface area contributed by atoms with Gasteiger partial charge in [0.1, 0.15) is 0 Å². The van der Waals surface area contributed by atoms with Gasteiger partial charge in [0.05, 0.1) is 12.1 Å². The van der Waals surface area contributed by atoms with Crippen LogP contribution in [0.25, 0.3) is 5.69 Å². The zero-order valence-corrected chi connectivity index (χ0v) is 19.1. The average molecular weight is 484 g/mol. The van der Waals surface area contributed by atoms with E-state index in [9.17, 15) is 18.0 Å². The van der Waals surface area contributed by atoms with Crippen LogP contribution in [0.2, 0.25) is 0 Å². The van der Waals surface area contributed by atoms with Crippen molar-refractivity contribution in [2.24, 2.45) is 0 Å². The molecule has 0 aliphatic heterocycles. The van der Waals surface area contributed by atoms with Gasteiger partial charge in [0.2, 0.25) is 0 Å². The molecular weight excluding hydrogens is 463 g/mol. The van der Waals surface area contributed by atoms with E-state index >= 15 is 0 Å². The Bertz CT molecular complexity index is 1060. The summed E-state index contributed by atoms with van der Waals surface area (Å²) in [7, 11) is 0. The molecule has 0 atom stereocenters. The first-order chi connectivity index (χ1) is 14.8. The van der Waals surface area contributed by atoms with E-state index in [2.05, 4.69) is 5.10 Å². The van der Waals surface area contributed by atoms with E-state index < -0.39 is 18.5 Å². The Labute approximate surface area is 191 Å². The standard InChI is InChI=1S/C21H20F3N3OS3/c1-2-26(13-12-21(22,23)24)18(28)16-8-10-17(11-9-16)27-20(29)31-19(25-27)30-14-15-6-4-3-5-7-15/h3-11H,2,12-14H2,1H3. The van der Waals surface area contributed by atoms with Crippen LogP contribution >= 0.6 is 35.3 Å². The molecule has 31 heavy (non-hydrogen) atoms. The van der Waals surface area contributed by atoms with Crippen molar-refractivity contribution in [1.29, 1.82) is 0 Å². The van der Waals surface area contributed by atoms with E-state index in [0.29, 0.717) is 15.2 Å². The molecule has 0 fully saturated rings. The number of benzene rings is 2. The number of aromatic nitrogens is 2. The molecule has 0 bridgehead atoms. The molecular formula is C21H20F3N3OS3. The molecule has 2 aromatic carbocycles. The zero-order chi connectivity index (χ0) is 22.4. The van der Waals surface area contributed by atoms with Gasteiger partial charge in [-0.25, -0.2) is 4.68 Å². The number of carbonyl (C=O) groups is 1.